The van der Waals surface area contributed by atoms with Gasteiger partial charge < -0.3 is 10.0 Å². The molecule has 23 heavy (non-hydrogen) atoms. The first-order chi connectivity index (χ1) is 10.9. The number of aliphatic hydroxyl groups excluding tert-OH is 1. The van der Waals surface area contributed by atoms with Crippen LogP contribution in [0.4, 0.5) is 0 Å². The van der Waals surface area contributed by atoms with Crippen LogP contribution in [0.3, 0.4) is 0 Å². The third kappa shape index (κ3) is 7.19. The number of allylic oxidation sites excluding steroid dienone is 1. The Kier molecular flexibility index (Phi) is 8.97. The van der Waals surface area contributed by atoms with Crippen molar-refractivity contribution in [1.29, 1.82) is 0 Å². The highest BCUT2D eigenvalue weighted by atomic mass is 16.3. The van der Waals surface area contributed by atoms with Crippen LogP contribution >= 0.6 is 0 Å². The van der Waals surface area contributed by atoms with Gasteiger partial charge in [-0.05, 0) is 12.3 Å². The number of carbonyl (C=O) groups excluding carboxylic acids is 2. The Morgan fingerprint density at radius 3 is 2.00 bits per heavy atom. The molecule has 0 aromatic heterocycles. The smallest absolute Gasteiger partial charge is 0.261 e. The molecule has 1 fully saturated rings. The van der Waals surface area contributed by atoms with E-state index in [1.165, 1.54) is 43.4 Å². The van der Waals surface area contributed by atoms with Crippen molar-refractivity contribution in [3.8, 4) is 0 Å². The van der Waals surface area contributed by atoms with E-state index in [9.17, 15) is 14.7 Å². The molecular weight excluding hydrogens is 290 g/mol. The van der Waals surface area contributed by atoms with Crippen molar-refractivity contribution in [3.05, 3.63) is 11.3 Å². The normalized spacial score (nSPS) is 17.5. The molecule has 0 radical (unpaired) electrons. The molecule has 0 saturated carbocycles. The van der Waals surface area contributed by atoms with Crippen molar-refractivity contribution in [2.24, 2.45) is 5.92 Å². The van der Waals surface area contributed by atoms with E-state index in [0.29, 0.717) is 6.42 Å². The highest BCUT2D eigenvalue weighted by molar-refractivity contribution is 6.25. The van der Waals surface area contributed by atoms with Gasteiger partial charge in [0.1, 0.15) is 11.3 Å². The highest BCUT2D eigenvalue weighted by Crippen LogP contribution is 2.20. The molecule has 1 N–H and O–H groups in total. The van der Waals surface area contributed by atoms with Crippen LogP contribution in [0.25, 0.3) is 0 Å². The summed E-state index contributed by atoms with van der Waals surface area (Å²) in [5, 5.41) is 9.96. The van der Waals surface area contributed by atoms with Gasteiger partial charge in [-0.15, -0.1) is 0 Å². The SMILES string of the molecule is CC(C)CCCCCCCCCC/C(O)=C1\C(=O)CN(C)C1=O. The van der Waals surface area contributed by atoms with Crippen LogP contribution in [-0.4, -0.2) is 35.3 Å². The van der Waals surface area contributed by atoms with Gasteiger partial charge in [0.05, 0.1) is 6.54 Å². The fourth-order valence-electron chi connectivity index (χ4n) is 2.99. The summed E-state index contributed by atoms with van der Waals surface area (Å²) in [6.45, 7) is 4.64. The lowest BCUT2D eigenvalue weighted by molar-refractivity contribution is -0.123. The summed E-state index contributed by atoms with van der Waals surface area (Å²) >= 11 is 0. The molecule has 0 spiro atoms. The first-order valence-corrected chi connectivity index (χ1v) is 9.14. The maximum Gasteiger partial charge on any atom is 0.261 e. The number of rotatable bonds is 11. The van der Waals surface area contributed by atoms with Gasteiger partial charge >= 0.3 is 0 Å². The van der Waals surface area contributed by atoms with Gasteiger partial charge in [0.25, 0.3) is 5.91 Å². The lowest BCUT2D eigenvalue weighted by atomic mass is 10.0. The summed E-state index contributed by atoms with van der Waals surface area (Å²) in [5.74, 6) is 0.207. The average molecular weight is 323 g/mol. The molecule has 132 valence electrons. The van der Waals surface area contributed by atoms with E-state index in [-0.39, 0.29) is 29.6 Å². The minimum Gasteiger partial charge on any atom is -0.511 e. The quantitative estimate of drug-likeness (QED) is 0.265. The lowest BCUT2D eigenvalue weighted by Crippen LogP contribution is -2.19. The first kappa shape index (κ1) is 19.7. The Balaban J connectivity index is 2.07. The average Bonchev–Trinajstić information content (AvgIpc) is 2.73. The summed E-state index contributed by atoms with van der Waals surface area (Å²) in [5.41, 5.74) is 0.0117. The predicted octanol–water partition coefficient (Wildman–Crippen LogP) is 4.40. The number of Topliss-reactive ketones (excluding diaryl/α,β-unsaturated/α-hetero) is 1. The molecule has 4 nitrogen and oxygen atoms in total. The van der Waals surface area contributed by atoms with E-state index in [2.05, 4.69) is 13.8 Å². The standard InChI is InChI=1S/C19H33NO3/c1-15(2)12-10-8-6-4-5-7-9-11-13-16(21)18-17(22)14-20(3)19(18)23/h15,21H,4-14H2,1-3H3/b18-16-. The van der Waals surface area contributed by atoms with Crippen LogP contribution in [0.5, 0.6) is 0 Å². The highest BCUT2D eigenvalue weighted by Gasteiger charge is 2.33. The van der Waals surface area contributed by atoms with E-state index in [1.54, 1.807) is 7.05 Å². The van der Waals surface area contributed by atoms with Gasteiger partial charge in [-0.3, -0.25) is 9.59 Å². The third-order valence-electron chi connectivity index (χ3n) is 4.45. The van der Waals surface area contributed by atoms with E-state index in [0.717, 1.165) is 25.2 Å². The van der Waals surface area contributed by atoms with Crippen LogP contribution in [0.1, 0.15) is 78.1 Å². The molecule has 1 rings (SSSR count). The summed E-state index contributed by atoms with van der Waals surface area (Å²) in [6, 6.07) is 0. The zero-order valence-electron chi connectivity index (χ0n) is 15.1. The van der Waals surface area contributed by atoms with Crippen LogP contribution in [0.15, 0.2) is 11.3 Å². The van der Waals surface area contributed by atoms with Crippen LogP contribution in [-0.2, 0) is 9.59 Å². The molecule has 1 aliphatic rings. The molecule has 1 amide bonds. The summed E-state index contributed by atoms with van der Waals surface area (Å²) in [6.07, 6.45) is 11.3. The van der Waals surface area contributed by atoms with Crippen molar-refractivity contribution >= 4 is 11.7 Å². The van der Waals surface area contributed by atoms with Gasteiger partial charge in [0, 0.05) is 13.5 Å². The van der Waals surface area contributed by atoms with Crippen LogP contribution < -0.4 is 0 Å². The number of nitrogens with zero attached hydrogens (tertiary/aromatic N) is 1. The Morgan fingerprint density at radius 2 is 1.52 bits per heavy atom. The predicted molar refractivity (Wildman–Crippen MR) is 93.3 cm³/mol. The number of likely N-dealkylation sites (tertiary alicyclic amines) is 1. The Bertz CT molecular complexity index is 426. The summed E-state index contributed by atoms with van der Waals surface area (Å²) in [7, 11) is 1.59. The number of likely N-dealkylation sites (N-methyl/N-ethyl adjacent to an activating group) is 1. The number of unbranched alkanes of at least 4 members (excludes halogenated alkanes) is 7. The maximum absolute atomic E-state index is 11.7. The maximum atomic E-state index is 11.7. The molecule has 0 unspecified atom stereocenters. The molecular formula is C19H33NO3. The zero-order chi connectivity index (χ0) is 17.2. The fourth-order valence-corrected chi connectivity index (χ4v) is 2.99. The van der Waals surface area contributed by atoms with Crippen molar-refractivity contribution < 1.29 is 14.7 Å². The van der Waals surface area contributed by atoms with Gasteiger partial charge in [-0.25, -0.2) is 0 Å². The van der Waals surface area contributed by atoms with Crippen molar-refractivity contribution in [2.45, 2.75) is 78.1 Å². The summed E-state index contributed by atoms with van der Waals surface area (Å²) < 4.78 is 0. The number of ketones is 1. The molecule has 0 aromatic rings. The van der Waals surface area contributed by atoms with Gasteiger partial charge in [0.15, 0.2) is 5.78 Å². The fraction of sp³-hybridized carbons (Fsp3) is 0.789. The number of aliphatic hydroxyl groups is 1. The second kappa shape index (κ2) is 10.5. The molecule has 1 saturated heterocycles. The van der Waals surface area contributed by atoms with Gasteiger partial charge in [-0.1, -0.05) is 65.2 Å². The van der Waals surface area contributed by atoms with Crippen molar-refractivity contribution in [2.75, 3.05) is 13.6 Å². The first-order valence-electron chi connectivity index (χ1n) is 9.14. The molecule has 1 heterocycles. The van der Waals surface area contributed by atoms with Gasteiger partial charge in [0.2, 0.25) is 0 Å². The number of carbonyl (C=O) groups is 2. The minimum atomic E-state index is -0.339. The van der Waals surface area contributed by atoms with Crippen LogP contribution in [0.2, 0.25) is 0 Å². The monoisotopic (exact) mass is 323 g/mol. The Labute approximate surface area is 140 Å². The largest absolute Gasteiger partial charge is 0.511 e. The Hall–Kier alpha value is -1.32. The second-order valence-corrected chi connectivity index (χ2v) is 7.17. The lowest BCUT2D eigenvalue weighted by Gasteiger charge is -2.06. The van der Waals surface area contributed by atoms with E-state index >= 15 is 0 Å². The molecule has 0 bridgehead atoms. The van der Waals surface area contributed by atoms with E-state index in [1.807, 2.05) is 0 Å². The zero-order valence-corrected chi connectivity index (χ0v) is 15.1. The van der Waals surface area contributed by atoms with Crippen LogP contribution in [0, 0.1) is 5.92 Å². The third-order valence-corrected chi connectivity index (χ3v) is 4.45. The number of amides is 1. The molecule has 0 aromatic carbocycles. The second-order valence-electron chi connectivity index (χ2n) is 7.17. The molecule has 0 aliphatic carbocycles. The molecule has 1 aliphatic heterocycles. The van der Waals surface area contributed by atoms with Gasteiger partial charge in [-0.2, -0.15) is 0 Å². The number of hydrogen-bond donors (Lipinski definition) is 1. The number of hydrogen-bond acceptors (Lipinski definition) is 3. The van der Waals surface area contributed by atoms with Crippen molar-refractivity contribution in [3.63, 3.8) is 0 Å². The summed E-state index contributed by atoms with van der Waals surface area (Å²) in [4.78, 5) is 24.8. The molecule has 4 heteroatoms. The topological polar surface area (TPSA) is 57.6 Å². The van der Waals surface area contributed by atoms with E-state index < -0.39 is 0 Å². The Morgan fingerprint density at radius 1 is 1.00 bits per heavy atom. The van der Waals surface area contributed by atoms with Crippen molar-refractivity contribution in [1.82, 2.24) is 4.90 Å². The minimum absolute atomic E-state index is 0.0117. The van der Waals surface area contributed by atoms with E-state index in [4.69, 9.17) is 0 Å². The molecule has 0 atom stereocenters.